The molecule has 0 unspecified atom stereocenters. The highest BCUT2D eigenvalue weighted by Crippen LogP contribution is 2.12. The van der Waals surface area contributed by atoms with Gasteiger partial charge in [0.05, 0.1) is 13.1 Å². The van der Waals surface area contributed by atoms with Crippen LogP contribution in [-0.2, 0) is 19.1 Å². The number of hydrogen-bond acceptors (Lipinski definition) is 8. The van der Waals surface area contributed by atoms with Gasteiger partial charge >= 0.3 is 11.9 Å². The largest absolute Gasteiger partial charge is 0.468 e. The van der Waals surface area contributed by atoms with Crippen LogP contribution in [0.3, 0.4) is 0 Å². The van der Waals surface area contributed by atoms with E-state index in [4.69, 9.17) is 22.6 Å². The van der Waals surface area contributed by atoms with Crippen molar-refractivity contribution in [2.24, 2.45) is 0 Å². The minimum absolute atomic E-state index is 0.274. The fourth-order valence-corrected chi connectivity index (χ4v) is 1.83. The molecule has 0 aromatic heterocycles. The molecule has 10 nitrogen and oxygen atoms in total. The molecule has 0 aliphatic carbocycles. The van der Waals surface area contributed by atoms with Gasteiger partial charge in [0.1, 0.15) is 37.6 Å². The second-order valence-electron chi connectivity index (χ2n) is 6.23. The van der Waals surface area contributed by atoms with Gasteiger partial charge < -0.3 is 29.9 Å². The van der Waals surface area contributed by atoms with Crippen LogP contribution < -0.4 is 0 Å². The average Bonchev–Trinajstić information content (AvgIpc) is 2.63. The lowest BCUT2D eigenvalue weighted by atomic mass is 10.0. The Morgan fingerprint density at radius 1 is 0.750 bits per heavy atom. The van der Waals surface area contributed by atoms with Gasteiger partial charge in [-0.3, -0.25) is 9.59 Å². The number of aliphatic hydroxyl groups is 4. The van der Waals surface area contributed by atoms with E-state index in [-0.39, 0.29) is 11.4 Å². The van der Waals surface area contributed by atoms with E-state index in [1.54, 1.807) is 0 Å². The Bertz CT molecular complexity index is 659. The number of carbonyl (C=O) groups is 2. The molecule has 0 aliphatic rings. The van der Waals surface area contributed by atoms with Gasteiger partial charge in [-0.15, -0.1) is 0 Å². The molecular weight excluding hydrogens is 372 g/mol. The molecule has 4 atom stereocenters. The molecule has 0 fully saturated rings. The van der Waals surface area contributed by atoms with Crippen LogP contribution in [0.2, 0.25) is 0 Å². The molecule has 10 heteroatoms. The van der Waals surface area contributed by atoms with Gasteiger partial charge in [-0.2, -0.15) is 0 Å². The fourth-order valence-electron chi connectivity index (χ4n) is 1.83. The van der Waals surface area contributed by atoms with Crippen LogP contribution in [-0.4, -0.2) is 70.0 Å². The molecular formula is C18H24N2O8. The lowest BCUT2D eigenvalue weighted by Gasteiger charge is -2.26. The molecule has 0 aliphatic heterocycles. The number of ether oxygens (including phenoxy) is 2. The Hall–Kier alpha value is -2.76. The van der Waals surface area contributed by atoms with Crippen LogP contribution in [0.25, 0.3) is 9.69 Å². The number of rotatable bonds is 9. The molecule has 0 aromatic rings. The van der Waals surface area contributed by atoms with E-state index in [9.17, 15) is 30.0 Å². The van der Waals surface area contributed by atoms with Gasteiger partial charge in [0.2, 0.25) is 0 Å². The van der Waals surface area contributed by atoms with Crippen LogP contribution in [0.5, 0.6) is 0 Å². The topological polar surface area (TPSA) is 142 Å². The summed E-state index contributed by atoms with van der Waals surface area (Å²) in [4.78, 5) is 29.4. The maximum atomic E-state index is 11.7. The summed E-state index contributed by atoms with van der Waals surface area (Å²) in [7, 11) is 0. The first kappa shape index (κ1) is 25.2. The van der Waals surface area contributed by atoms with Crippen molar-refractivity contribution in [1.82, 2.24) is 0 Å². The minimum atomic E-state index is -1.94. The quantitative estimate of drug-likeness (QED) is 0.241. The Kier molecular flexibility index (Phi) is 10.7. The molecule has 0 bridgehead atoms. The van der Waals surface area contributed by atoms with E-state index in [0.29, 0.717) is 11.1 Å². The van der Waals surface area contributed by atoms with Crippen LogP contribution in [0.4, 0.5) is 0 Å². The average molecular weight is 396 g/mol. The summed E-state index contributed by atoms with van der Waals surface area (Å²) >= 11 is 0. The van der Waals surface area contributed by atoms with Crippen LogP contribution in [0.15, 0.2) is 22.5 Å². The first-order valence-corrected chi connectivity index (χ1v) is 8.14. The third kappa shape index (κ3) is 7.47. The summed E-state index contributed by atoms with van der Waals surface area (Å²) in [5.74, 6) is -2.00. The summed E-state index contributed by atoms with van der Waals surface area (Å²) in [5, 5.41) is 39.3. The van der Waals surface area contributed by atoms with Crippen molar-refractivity contribution in [2.45, 2.75) is 52.1 Å². The smallest absolute Gasteiger partial charge is 0.336 e. The summed E-state index contributed by atoms with van der Waals surface area (Å²) < 4.78 is 9.40. The van der Waals surface area contributed by atoms with Gasteiger partial charge in [0.25, 0.3) is 11.4 Å². The highest BCUT2D eigenvalue weighted by atomic mass is 16.6. The van der Waals surface area contributed by atoms with E-state index < -0.39 is 49.6 Å². The number of hydrogen-bond donors (Lipinski definition) is 4. The van der Waals surface area contributed by atoms with Gasteiger partial charge in [-0.1, -0.05) is 38.8 Å². The van der Waals surface area contributed by atoms with E-state index >= 15 is 0 Å². The molecule has 28 heavy (non-hydrogen) atoms. The highest BCUT2D eigenvalue weighted by molar-refractivity contribution is 5.91. The normalized spacial score (nSPS) is 14.4. The third-order valence-corrected chi connectivity index (χ3v) is 3.47. The predicted molar refractivity (Wildman–Crippen MR) is 95.9 cm³/mol. The number of carbonyl (C=O) groups excluding carboxylic acids is 2. The maximum absolute atomic E-state index is 11.7. The third-order valence-electron chi connectivity index (χ3n) is 3.47. The molecule has 0 rings (SSSR count). The van der Waals surface area contributed by atoms with Crippen LogP contribution >= 0.6 is 0 Å². The van der Waals surface area contributed by atoms with Gasteiger partial charge in [-0.25, -0.2) is 9.69 Å². The lowest BCUT2D eigenvalue weighted by Crippen LogP contribution is -2.48. The minimum Gasteiger partial charge on any atom is -0.468 e. The Balaban J connectivity index is 4.74. The second kappa shape index (κ2) is 11.8. The molecule has 0 radical (unpaired) electrons. The van der Waals surface area contributed by atoms with Crippen LogP contribution in [0, 0.1) is 13.1 Å². The van der Waals surface area contributed by atoms with E-state index in [1.807, 2.05) is 0 Å². The SMILES string of the molecule is [C-]#[N+]C(C(=O)OC[C@H](O)[C@H](O)[C@@H](O)[C@@H](O)COC(=O)C([N+]#[C-])=C(C)C)=C(C)C. The van der Waals surface area contributed by atoms with Crippen molar-refractivity contribution >= 4 is 11.9 Å². The van der Waals surface area contributed by atoms with Crippen molar-refractivity contribution in [3.8, 4) is 0 Å². The second-order valence-corrected chi connectivity index (χ2v) is 6.23. The van der Waals surface area contributed by atoms with E-state index in [1.165, 1.54) is 27.7 Å². The van der Waals surface area contributed by atoms with Gasteiger partial charge in [-0.05, 0) is 0 Å². The molecule has 0 spiro atoms. The number of allylic oxidation sites excluding steroid dienone is 2. The number of esters is 2. The van der Waals surface area contributed by atoms with E-state index in [2.05, 4.69) is 9.69 Å². The first-order valence-electron chi connectivity index (χ1n) is 8.14. The first-order chi connectivity index (χ1) is 13.0. The van der Waals surface area contributed by atoms with E-state index in [0.717, 1.165) is 0 Å². The Morgan fingerprint density at radius 2 is 1.04 bits per heavy atom. The molecule has 4 N–H and O–H groups in total. The maximum Gasteiger partial charge on any atom is 0.336 e. The molecule has 154 valence electrons. The van der Waals surface area contributed by atoms with Crippen molar-refractivity contribution < 1.29 is 39.5 Å². The lowest BCUT2D eigenvalue weighted by molar-refractivity contribution is -0.158. The monoisotopic (exact) mass is 396 g/mol. The Morgan fingerprint density at radius 3 is 1.25 bits per heavy atom. The molecule has 0 heterocycles. The molecule has 0 amide bonds. The summed E-state index contributed by atoms with van der Waals surface area (Å²) in [5.41, 5.74) is 0.262. The zero-order valence-corrected chi connectivity index (χ0v) is 16.0. The van der Waals surface area contributed by atoms with Gasteiger partial charge in [0, 0.05) is 0 Å². The highest BCUT2D eigenvalue weighted by Gasteiger charge is 2.32. The predicted octanol–water partition coefficient (Wildman–Crippen LogP) is -0.0572. The summed E-state index contributed by atoms with van der Waals surface area (Å²) in [6.45, 7) is 18.4. The number of aliphatic hydroxyl groups excluding tert-OH is 4. The molecule has 0 saturated heterocycles. The van der Waals surface area contributed by atoms with Crippen molar-refractivity contribution in [1.29, 1.82) is 0 Å². The zero-order valence-electron chi connectivity index (χ0n) is 16.0. The molecule has 0 saturated carbocycles. The van der Waals surface area contributed by atoms with Crippen LogP contribution in [0.1, 0.15) is 27.7 Å². The van der Waals surface area contributed by atoms with Crippen molar-refractivity contribution in [3.63, 3.8) is 0 Å². The number of nitrogens with zero attached hydrogens (tertiary/aromatic N) is 2. The van der Waals surface area contributed by atoms with Crippen molar-refractivity contribution in [3.05, 3.63) is 45.4 Å². The standard InChI is InChI=1S/C18H24N2O8/c1-9(2)13(19-5)17(25)27-7-11(21)15(23)16(24)12(22)8-28-18(26)14(20-6)10(3)4/h11-12,15-16,21-24H,7-8H2,1-4H3/t11-,12-,15-,16-/m0/s1. The summed E-state index contributed by atoms with van der Waals surface area (Å²) in [6.07, 6.45) is -7.42. The van der Waals surface area contributed by atoms with Gasteiger partial charge in [0.15, 0.2) is 0 Å². The molecule has 0 aromatic carbocycles. The zero-order chi connectivity index (χ0) is 22.0. The summed E-state index contributed by atoms with van der Waals surface area (Å²) in [6, 6.07) is 0. The fraction of sp³-hybridized carbons (Fsp3) is 0.556. The van der Waals surface area contributed by atoms with Crippen molar-refractivity contribution in [2.75, 3.05) is 13.2 Å². The Labute approximate surface area is 162 Å².